The van der Waals surface area contributed by atoms with Gasteiger partial charge in [-0.1, -0.05) is 13.3 Å². The summed E-state index contributed by atoms with van der Waals surface area (Å²) < 4.78 is 5.44. The molecule has 5 amide bonds. The summed E-state index contributed by atoms with van der Waals surface area (Å²) in [5.74, 6) is 1.31. The van der Waals surface area contributed by atoms with E-state index in [1.54, 1.807) is 39.8 Å². The first-order valence-corrected chi connectivity index (χ1v) is 11.9. The van der Waals surface area contributed by atoms with Gasteiger partial charge < -0.3 is 30.5 Å². The molecule has 0 aromatic carbocycles. The third kappa shape index (κ3) is 6.00. The Hall–Kier alpha value is -2.96. The molecule has 0 spiro atoms. The minimum atomic E-state index is -0.939. The van der Waals surface area contributed by atoms with Crippen LogP contribution in [0.2, 0.25) is 0 Å². The molecule has 0 aromatic heterocycles. The van der Waals surface area contributed by atoms with Crippen LogP contribution in [-0.4, -0.2) is 88.5 Å². The Kier molecular flexibility index (Phi) is 8.69. The number of terminal acetylenes is 1. The average molecular weight is 492 g/mol. The van der Waals surface area contributed by atoms with Crippen LogP contribution in [0.3, 0.4) is 0 Å². The lowest BCUT2D eigenvalue weighted by molar-refractivity contribution is -0.141. The van der Waals surface area contributed by atoms with Gasteiger partial charge in [0.1, 0.15) is 17.7 Å². The zero-order chi connectivity index (χ0) is 25.4. The number of carbonyl (C=O) groups excluding carboxylic acids is 4. The number of ether oxygens (including phenoxy) is 1. The van der Waals surface area contributed by atoms with Crippen molar-refractivity contribution in [3.63, 3.8) is 0 Å². The highest BCUT2D eigenvalue weighted by atomic mass is 16.6. The highest BCUT2D eigenvalue weighted by Crippen LogP contribution is 2.41. The number of carbonyl (C=O) groups is 4. The number of nitrogens with one attached hydrogen (secondary N) is 1. The maximum atomic E-state index is 13.9. The van der Waals surface area contributed by atoms with Crippen LogP contribution in [0.1, 0.15) is 66.7 Å². The molecule has 3 aliphatic heterocycles. The quantitative estimate of drug-likeness (QED) is 0.581. The van der Waals surface area contributed by atoms with E-state index >= 15 is 0 Å². The lowest BCUT2D eigenvalue weighted by atomic mass is 9.84. The molecule has 196 valence electrons. The summed E-state index contributed by atoms with van der Waals surface area (Å²) in [4.78, 5) is 56.2. The highest BCUT2D eigenvalue weighted by Gasteiger charge is 2.50. The topological polar surface area (TPSA) is 125 Å². The monoisotopic (exact) mass is 491 g/mol. The molecule has 3 saturated heterocycles. The number of hydrogen-bond donors (Lipinski definition) is 2. The van der Waals surface area contributed by atoms with Gasteiger partial charge >= 0.3 is 12.1 Å². The van der Waals surface area contributed by atoms with E-state index in [0.717, 1.165) is 12.8 Å². The van der Waals surface area contributed by atoms with Gasteiger partial charge in [0.05, 0.1) is 6.04 Å². The summed E-state index contributed by atoms with van der Waals surface area (Å²) in [6.45, 7) is 5.23. The van der Waals surface area contributed by atoms with Crippen molar-refractivity contribution < 1.29 is 23.9 Å². The second-order valence-electron chi connectivity index (χ2n) is 10.7. The fourth-order valence-electron chi connectivity index (χ4n) is 5.57. The van der Waals surface area contributed by atoms with Crippen LogP contribution >= 0.6 is 0 Å². The number of piperidine rings is 1. The van der Waals surface area contributed by atoms with Crippen molar-refractivity contribution in [3.05, 3.63) is 0 Å². The molecule has 5 unspecified atom stereocenters. The van der Waals surface area contributed by atoms with Crippen LogP contribution in [-0.2, 0) is 14.3 Å². The molecule has 10 nitrogen and oxygen atoms in total. The Morgan fingerprint density at radius 3 is 2.09 bits per heavy atom. The number of fused-ring (bicyclic) bond motifs is 2. The van der Waals surface area contributed by atoms with E-state index in [-0.39, 0.29) is 31.5 Å². The second-order valence-corrected chi connectivity index (χ2v) is 10.7. The lowest BCUT2D eigenvalue weighted by Crippen LogP contribution is -2.60. The second kappa shape index (κ2) is 10.8. The molecule has 3 fully saturated rings. The number of nitrogens with two attached hydrogens (primary N) is 1. The molecular weight excluding hydrogens is 450 g/mol. The first-order chi connectivity index (χ1) is 15.8. The standard InChI is InChI=1S/C24H37N5O5.CH4/c1-7-15-10-11-18(20(25)30)29(15)21(31)19(26-22(32)34-24(2,3)4)14-12-16-8-9-17(13-14)28(16)23(33)27(5)6;/h1,14-19H,8-13H2,2-6H3,(H2,25,30)(H,26,32);1H4. The van der Waals surface area contributed by atoms with E-state index in [9.17, 15) is 19.2 Å². The zero-order valence-corrected chi connectivity index (χ0v) is 20.7. The van der Waals surface area contributed by atoms with Gasteiger partial charge in [-0.2, -0.15) is 0 Å². The van der Waals surface area contributed by atoms with Gasteiger partial charge in [0.25, 0.3) is 0 Å². The molecule has 3 aliphatic rings. The smallest absolute Gasteiger partial charge is 0.408 e. The summed E-state index contributed by atoms with van der Waals surface area (Å²) in [6.07, 6.45) is 8.60. The molecule has 0 aliphatic carbocycles. The number of urea groups is 1. The van der Waals surface area contributed by atoms with Crippen molar-refractivity contribution in [1.29, 1.82) is 0 Å². The zero-order valence-electron chi connectivity index (χ0n) is 20.7. The predicted molar refractivity (Wildman–Crippen MR) is 132 cm³/mol. The van der Waals surface area contributed by atoms with Crippen molar-refractivity contribution in [3.8, 4) is 12.3 Å². The molecule has 35 heavy (non-hydrogen) atoms. The molecule has 2 bridgehead atoms. The van der Waals surface area contributed by atoms with Crippen molar-refractivity contribution in [2.75, 3.05) is 14.1 Å². The largest absolute Gasteiger partial charge is 0.444 e. The summed E-state index contributed by atoms with van der Waals surface area (Å²) in [5.41, 5.74) is 4.83. The molecule has 0 aromatic rings. The van der Waals surface area contributed by atoms with Gasteiger partial charge in [0, 0.05) is 26.2 Å². The van der Waals surface area contributed by atoms with Crippen molar-refractivity contribution in [1.82, 2.24) is 20.0 Å². The Balaban J connectivity index is 0.00000432. The van der Waals surface area contributed by atoms with Gasteiger partial charge in [0.15, 0.2) is 0 Å². The molecule has 3 heterocycles. The van der Waals surface area contributed by atoms with Gasteiger partial charge in [-0.05, 0) is 65.2 Å². The fourth-order valence-corrected chi connectivity index (χ4v) is 5.57. The van der Waals surface area contributed by atoms with Crippen molar-refractivity contribution in [2.45, 2.75) is 103 Å². The van der Waals surface area contributed by atoms with E-state index in [4.69, 9.17) is 16.9 Å². The van der Waals surface area contributed by atoms with E-state index < -0.39 is 41.6 Å². The summed E-state index contributed by atoms with van der Waals surface area (Å²) in [5, 5.41) is 2.77. The van der Waals surface area contributed by atoms with E-state index in [1.165, 1.54) is 4.90 Å². The third-order valence-corrected chi connectivity index (χ3v) is 6.94. The van der Waals surface area contributed by atoms with Crippen molar-refractivity contribution in [2.24, 2.45) is 11.7 Å². The van der Waals surface area contributed by atoms with Gasteiger partial charge in [-0.15, -0.1) is 6.42 Å². The van der Waals surface area contributed by atoms with Crippen LogP contribution in [0, 0.1) is 18.3 Å². The Morgan fingerprint density at radius 1 is 1.06 bits per heavy atom. The Bertz CT molecular complexity index is 862. The Morgan fingerprint density at radius 2 is 1.63 bits per heavy atom. The fraction of sp³-hybridized carbons (Fsp3) is 0.760. The van der Waals surface area contributed by atoms with Crippen molar-refractivity contribution >= 4 is 23.9 Å². The van der Waals surface area contributed by atoms with Gasteiger partial charge in [-0.25, -0.2) is 9.59 Å². The number of rotatable bonds is 4. The Labute approximate surface area is 208 Å². The van der Waals surface area contributed by atoms with Crippen LogP contribution < -0.4 is 11.1 Å². The summed E-state index contributed by atoms with van der Waals surface area (Å²) >= 11 is 0. The highest BCUT2D eigenvalue weighted by molar-refractivity contribution is 5.92. The van der Waals surface area contributed by atoms with E-state index in [1.807, 2.05) is 4.90 Å². The predicted octanol–water partition coefficient (Wildman–Crippen LogP) is 1.92. The molecule has 0 radical (unpaired) electrons. The van der Waals surface area contributed by atoms with Gasteiger partial charge in [0.2, 0.25) is 11.8 Å². The maximum absolute atomic E-state index is 13.9. The van der Waals surface area contributed by atoms with E-state index in [0.29, 0.717) is 25.7 Å². The molecule has 5 atom stereocenters. The molecule has 10 heteroatoms. The first-order valence-electron chi connectivity index (χ1n) is 11.9. The normalized spacial score (nSPS) is 28.4. The average Bonchev–Trinajstić information content (AvgIpc) is 3.28. The minimum absolute atomic E-state index is 0. The lowest BCUT2D eigenvalue weighted by Gasteiger charge is -2.43. The number of hydrogen-bond acceptors (Lipinski definition) is 5. The number of alkyl carbamates (subject to hydrolysis) is 1. The molecular formula is C25H41N5O5. The first kappa shape index (κ1) is 28.3. The maximum Gasteiger partial charge on any atom is 0.408 e. The third-order valence-electron chi connectivity index (χ3n) is 6.94. The number of likely N-dealkylation sites (tertiary alicyclic amines) is 1. The SMILES string of the molecule is C.C#CC1CCC(C(N)=O)N1C(=O)C(NC(=O)OC(C)(C)C)C1CC2CCC(C1)N2C(=O)N(C)C. The number of amides is 5. The summed E-state index contributed by atoms with van der Waals surface area (Å²) in [7, 11) is 3.45. The van der Waals surface area contributed by atoms with E-state index in [2.05, 4.69) is 11.2 Å². The number of nitrogens with zero attached hydrogens (tertiary/aromatic N) is 3. The van der Waals surface area contributed by atoms with Crippen LogP contribution in [0.15, 0.2) is 0 Å². The van der Waals surface area contributed by atoms with Crippen LogP contribution in [0.5, 0.6) is 0 Å². The number of primary amides is 1. The molecule has 3 N–H and O–H groups in total. The minimum Gasteiger partial charge on any atom is -0.444 e. The van der Waals surface area contributed by atoms with Gasteiger partial charge in [-0.3, -0.25) is 9.59 Å². The van der Waals surface area contributed by atoms with Crippen LogP contribution in [0.4, 0.5) is 9.59 Å². The molecule has 0 saturated carbocycles. The molecule has 3 rings (SSSR count). The van der Waals surface area contributed by atoms with Crippen LogP contribution in [0.25, 0.3) is 0 Å². The summed E-state index contributed by atoms with van der Waals surface area (Å²) in [6, 6.07) is -2.42.